The van der Waals surface area contributed by atoms with Crippen molar-refractivity contribution in [1.82, 2.24) is 0 Å². The van der Waals surface area contributed by atoms with E-state index in [0.29, 0.717) is 22.7 Å². The van der Waals surface area contributed by atoms with Gasteiger partial charge in [-0.25, -0.2) is 0 Å². The van der Waals surface area contributed by atoms with Crippen LogP contribution in [0.3, 0.4) is 0 Å². The zero-order valence-corrected chi connectivity index (χ0v) is 66.7. The molecule has 0 saturated carbocycles. The van der Waals surface area contributed by atoms with Crippen molar-refractivity contribution in [2.75, 3.05) is 50.3 Å². The fourth-order valence-electron chi connectivity index (χ4n) is 12.5. The van der Waals surface area contributed by atoms with Crippen LogP contribution in [0.25, 0.3) is 0 Å². The SMILES string of the molecule is CC(=O)Oc1cc(O)c2c(c1)N(C/C=C(\C)CC/C=C(\C)CCC=C(C)C)C(=O)c1cccc(O)c1N2.CC(=O)Oc1cc(O)cc2c1Nc1c(O)cccc1C(=O)N2C/C=C(\C)CC/C=C(\C)CCC=C(C)C.CC(=O)Oc1cccc2c1Nc1c(O)cc(O)cc1N(C/C=C(\C)CC/C=C(\C)CCC=C(C)C)C2=O. The normalized spacial score (nSPS) is 13.3. The molecule has 0 aromatic heterocycles. The molecule has 9 N–H and O–H groups in total. The molecule has 111 heavy (non-hydrogen) atoms. The van der Waals surface area contributed by atoms with E-state index in [2.05, 4.69) is 115 Å². The Labute approximate surface area is 652 Å². The van der Waals surface area contributed by atoms with Crippen molar-refractivity contribution in [2.45, 2.75) is 181 Å². The topological polar surface area (TPSA) is 297 Å². The van der Waals surface area contributed by atoms with E-state index in [0.717, 1.165) is 93.8 Å². The molecule has 3 amide bonds. The van der Waals surface area contributed by atoms with Crippen LogP contribution in [0.5, 0.6) is 51.7 Å². The number of phenols is 6. The number of anilines is 9. The molecule has 9 rings (SSSR count). The summed E-state index contributed by atoms with van der Waals surface area (Å²) in [4.78, 5) is 80.3. The fourth-order valence-corrected chi connectivity index (χ4v) is 12.5. The molecule has 0 atom stereocenters. The van der Waals surface area contributed by atoms with Crippen molar-refractivity contribution < 1.29 is 73.6 Å². The molecule has 3 heterocycles. The molecule has 21 heteroatoms. The molecule has 3 aliphatic heterocycles. The number of esters is 3. The van der Waals surface area contributed by atoms with Gasteiger partial charge in [-0.15, -0.1) is 0 Å². The summed E-state index contributed by atoms with van der Waals surface area (Å²) >= 11 is 0. The van der Waals surface area contributed by atoms with Gasteiger partial charge in [-0.05, 0) is 197 Å². The number of hydrogen-bond donors (Lipinski definition) is 9. The number of benzene rings is 6. The van der Waals surface area contributed by atoms with Crippen LogP contribution in [-0.4, -0.2) is 85.9 Å². The van der Waals surface area contributed by atoms with E-state index in [4.69, 9.17) is 14.2 Å². The highest BCUT2D eigenvalue weighted by Crippen LogP contribution is 2.50. The summed E-state index contributed by atoms with van der Waals surface area (Å²) in [6, 6.07) is 22.4. The Hall–Kier alpha value is -12.0. The fraction of sp³-hybridized carbons (Fsp3) is 0.333. The zero-order valence-electron chi connectivity index (χ0n) is 66.7. The van der Waals surface area contributed by atoms with Crippen LogP contribution < -0.4 is 44.9 Å². The molecule has 588 valence electrons. The van der Waals surface area contributed by atoms with Gasteiger partial charge in [0.15, 0.2) is 11.5 Å². The summed E-state index contributed by atoms with van der Waals surface area (Å²) in [7, 11) is 0. The van der Waals surface area contributed by atoms with Gasteiger partial charge < -0.3 is 75.5 Å². The van der Waals surface area contributed by atoms with Crippen molar-refractivity contribution in [3.05, 3.63) is 213 Å². The quantitative estimate of drug-likeness (QED) is 0.00761. The van der Waals surface area contributed by atoms with E-state index in [-0.39, 0.29) is 134 Å². The second-order valence-corrected chi connectivity index (χ2v) is 28.9. The van der Waals surface area contributed by atoms with E-state index in [1.807, 2.05) is 39.0 Å². The first kappa shape index (κ1) is 86.2. The van der Waals surface area contributed by atoms with Crippen molar-refractivity contribution in [3.63, 3.8) is 0 Å². The highest BCUT2D eigenvalue weighted by molar-refractivity contribution is 6.17. The number of para-hydroxylation sites is 3. The first-order valence-corrected chi connectivity index (χ1v) is 37.4. The van der Waals surface area contributed by atoms with Crippen molar-refractivity contribution in [2.24, 2.45) is 0 Å². The number of ether oxygens (including phenoxy) is 3. The van der Waals surface area contributed by atoms with Gasteiger partial charge in [0.05, 0.1) is 50.8 Å². The van der Waals surface area contributed by atoms with Crippen LogP contribution in [-0.2, 0) is 14.4 Å². The van der Waals surface area contributed by atoms with Gasteiger partial charge in [-0.1, -0.05) is 123 Å². The number of fused-ring (bicyclic) bond motifs is 6. The molecule has 6 aromatic rings. The number of nitrogens with zero attached hydrogens (tertiary/aromatic N) is 3. The Kier molecular flexibility index (Phi) is 31.8. The molecule has 0 bridgehead atoms. The monoisotopic (exact) mass is 1510 g/mol. The lowest BCUT2D eigenvalue weighted by Gasteiger charge is -2.23. The molecule has 6 aromatic carbocycles. The van der Waals surface area contributed by atoms with Crippen LogP contribution in [0.15, 0.2) is 196 Å². The third-order valence-corrected chi connectivity index (χ3v) is 18.4. The second kappa shape index (κ2) is 41.0. The first-order chi connectivity index (χ1) is 52.7. The number of phenolic OH excluding ortho intramolecular Hbond substituents is 6. The maximum atomic E-state index is 13.7. The molecule has 0 aliphatic carbocycles. The van der Waals surface area contributed by atoms with E-state index in [9.17, 15) is 59.4 Å². The maximum Gasteiger partial charge on any atom is 0.308 e. The van der Waals surface area contributed by atoms with Crippen LogP contribution >= 0.6 is 0 Å². The number of hydrogen-bond acceptors (Lipinski definition) is 18. The maximum absolute atomic E-state index is 13.7. The Morgan fingerprint density at radius 2 is 0.640 bits per heavy atom. The number of nitrogens with one attached hydrogen (secondary N) is 3. The predicted molar refractivity (Wildman–Crippen MR) is 444 cm³/mol. The molecule has 0 radical (unpaired) electrons. The minimum Gasteiger partial charge on any atom is -0.508 e. The largest absolute Gasteiger partial charge is 0.508 e. The summed E-state index contributed by atoms with van der Waals surface area (Å²) in [6.07, 6.45) is 31.0. The summed E-state index contributed by atoms with van der Waals surface area (Å²) in [5.74, 6) is -3.33. The number of aromatic hydroxyl groups is 6. The van der Waals surface area contributed by atoms with Gasteiger partial charge in [0.2, 0.25) is 0 Å². The molecule has 21 nitrogen and oxygen atoms in total. The van der Waals surface area contributed by atoms with Crippen LogP contribution in [0.1, 0.15) is 212 Å². The molecule has 0 spiro atoms. The Morgan fingerprint density at radius 1 is 0.324 bits per heavy atom. The number of amides is 3. The standard InChI is InChI=1S/3C30H36N2O5/c1-19(2)9-6-10-20(3)11-7-12-21(4)15-16-32-25-17-23(34)18-26(35)29(25)31-28-24(30(32)36)13-8-14-27(28)37-22(5)33;1-19(2)9-6-10-20(3)11-7-12-21(4)15-16-32-25-17-23(37-22(5)33)18-27(35)29(25)31-28-24(30(32)36)13-8-14-26(28)34;1-19(2)9-6-10-20(3)11-7-12-21(4)15-16-32-25-17-23(34)18-27(37-22(5)33)29(25)31-28-24(30(32)36)13-8-14-26(28)35/h3*8-9,11,13-15,17-18,31,34-35H,6-7,10,12,16H2,1-5H3/b3*20-11+,21-15+. The smallest absolute Gasteiger partial charge is 0.308 e. The summed E-state index contributed by atoms with van der Waals surface area (Å²) in [5.41, 5.74) is 14.8. The summed E-state index contributed by atoms with van der Waals surface area (Å²) < 4.78 is 15.8. The average Bonchev–Trinajstić information content (AvgIpc) is 1.64. The number of carbonyl (C=O) groups is 6. The lowest BCUT2D eigenvalue weighted by atomic mass is 10.1. The molecular weight excluding hydrogens is 1410 g/mol. The predicted octanol–water partition coefficient (Wildman–Crippen LogP) is 21.4. The number of allylic oxidation sites excluding steroid dienone is 15. The van der Waals surface area contributed by atoms with E-state index in [1.54, 1.807) is 42.5 Å². The Balaban J connectivity index is 0.000000231. The molecule has 3 aliphatic rings. The molecule has 0 saturated heterocycles. The van der Waals surface area contributed by atoms with E-state index < -0.39 is 17.9 Å². The highest BCUT2D eigenvalue weighted by Gasteiger charge is 2.34. The van der Waals surface area contributed by atoms with Gasteiger partial charge in [0.1, 0.15) is 57.3 Å². The van der Waals surface area contributed by atoms with E-state index in [1.165, 1.54) is 117 Å². The lowest BCUT2D eigenvalue weighted by Crippen LogP contribution is -2.30. The number of rotatable bonds is 27. The Bertz CT molecular complexity index is 4670. The summed E-state index contributed by atoms with van der Waals surface area (Å²) in [6.45, 7) is 29.7. The minimum atomic E-state index is -0.575. The zero-order chi connectivity index (χ0) is 81.3. The van der Waals surface area contributed by atoms with Crippen molar-refractivity contribution in [1.29, 1.82) is 0 Å². The first-order valence-electron chi connectivity index (χ1n) is 37.4. The van der Waals surface area contributed by atoms with Crippen LogP contribution in [0.2, 0.25) is 0 Å². The van der Waals surface area contributed by atoms with Gasteiger partial charge in [0, 0.05) is 76.8 Å². The highest BCUT2D eigenvalue weighted by atomic mass is 16.5. The summed E-state index contributed by atoms with van der Waals surface area (Å²) in [5, 5.41) is 71.9. The van der Waals surface area contributed by atoms with E-state index >= 15 is 0 Å². The van der Waals surface area contributed by atoms with Gasteiger partial charge in [0.25, 0.3) is 17.7 Å². The molecule has 0 fully saturated rings. The molecule has 0 unspecified atom stereocenters. The average molecular weight is 1510 g/mol. The van der Waals surface area contributed by atoms with Crippen molar-refractivity contribution in [3.8, 4) is 51.7 Å². The molecular formula is C90H108N6O15. The van der Waals surface area contributed by atoms with Crippen molar-refractivity contribution >= 4 is 86.8 Å². The van der Waals surface area contributed by atoms with Crippen LogP contribution in [0.4, 0.5) is 51.2 Å². The third kappa shape index (κ3) is 25.3. The van der Waals surface area contributed by atoms with Gasteiger partial charge in [-0.2, -0.15) is 0 Å². The van der Waals surface area contributed by atoms with Gasteiger partial charge in [-0.3, -0.25) is 28.8 Å². The lowest BCUT2D eigenvalue weighted by molar-refractivity contribution is -0.132. The second-order valence-electron chi connectivity index (χ2n) is 28.9. The Morgan fingerprint density at radius 3 is 1.04 bits per heavy atom. The number of carbonyl (C=O) groups excluding carboxylic acids is 6. The van der Waals surface area contributed by atoms with Crippen LogP contribution in [0, 0.1) is 0 Å². The van der Waals surface area contributed by atoms with Gasteiger partial charge >= 0.3 is 17.9 Å². The minimum absolute atomic E-state index is 0.0610. The third-order valence-electron chi connectivity index (χ3n) is 18.4.